The van der Waals surface area contributed by atoms with E-state index in [9.17, 15) is 27.9 Å². The topological polar surface area (TPSA) is 121 Å². The molecule has 0 bridgehead atoms. The van der Waals surface area contributed by atoms with E-state index >= 15 is 0 Å². The second kappa shape index (κ2) is 10.5. The third-order valence-corrected chi connectivity index (χ3v) is 7.62. The molecule has 2 amide bonds. The van der Waals surface area contributed by atoms with Crippen molar-refractivity contribution in [2.45, 2.75) is 71.0 Å². The van der Waals surface area contributed by atoms with E-state index in [2.05, 4.69) is 9.97 Å². The zero-order valence-corrected chi connectivity index (χ0v) is 24.1. The molecule has 2 atom stereocenters. The van der Waals surface area contributed by atoms with Crippen LogP contribution in [0.4, 0.5) is 18.0 Å². The Morgan fingerprint density at radius 3 is 2.60 bits per heavy atom. The van der Waals surface area contributed by atoms with Crippen LogP contribution in [0.2, 0.25) is 0 Å². The lowest BCUT2D eigenvalue weighted by Crippen LogP contribution is -2.57. The summed E-state index contributed by atoms with van der Waals surface area (Å²) >= 11 is 0. The van der Waals surface area contributed by atoms with Gasteiger partial charge in [-0.05, 0) is 75.4 Å². The monoisotopic (exact) mass is 589 g/mol. The largest absolute Gasteiger partial charge is 0.444 e. The number of amides is 2. The number of carbonyl (C=O) groups is 2. The standard InChI is InChI=1S/C29H34F3N5O5/c1-16-12-33-24-23(16)35-21(13-34-24)18-10-17-6-7-36(25(38)28(5,40)29(30,31)32)14-20(17)19(11-18)22-15-41-9-8-37(22)26(39)42-27(2,3)4/h10-13,22,40H,6-9,14-15H2,1-5H3,(H,33,34)/t22-,28-/m0/s1. The molecule has 42 heavy (non-hydrogen) atoms. The number of rotatable bonds is 3. The number of halogens is 3. The van der Waals surface area contributed by atoms with Crippen LogP contribution in [0.25, 0.3) is 22.4 Å². The van der Waals surface area contributed by atoms with E-state index in [1.165, 1.54) is 0 Å². The average Bonchev–Trinajstić information content (AvgIpc) is 3.30. The molecular formula is C29H34F3N5O5. The summed E-state index contributed by atoms with van der Waals surface area (Å²) in [5, 5.41) is 10.1. The van der Waals surface area contributed by atoms with Crippen molar-refractivity contribution in [1.29, 1.82) is 0 Å². The summed E-state index contributed by atoms with van der Waals surface area (Å²) in [4.78, 5) is 41.1. The molecule has 0 aliphatic carbocycles. The van der Waals surface area contributed by atoms with Gasteiger partial charge in [0.1, 0.15) is 11.1 Å². The number of benzene rings is 1. The van der Waals surface area contributed by atoms with Gasteiger partial charge < -0.3 is 24.5 Å². The molecule has 10 nitrogen and oxygen atoms in total. The Morgan fingerprint density at radius 2 is 1.90 bits per heavy atom. The molecule has 0 radical (unpaired) electrons. The number of aryl methyl sites for hydroxylation is 1. The number of ether oxygens (including phenoxy) is 2. The SMILES string of the molecule is Cc1c[nH]c2ncc(-c3cc4c(c([C@@H]5COCCN5C(=O)OC(C)(C)C)c3)CN(C(=O)[C@](C)(O)C(F)(F)F)CC4)nc12. The highest BCUT2D eigenvalue weighted by atomic mass is 19.4. The Bertz CT molecular complexity index is 1530. The lowest BCUT2D eigenvalue weighted by Gasteiger charge is -2.40. The molecule has 226 valence electrons. The first-order valence-electron chi connectivity index (χ1n) is 13.7. The smallest absolute Gasteiger partial charge is 0.426 e. The fraction of sp³-hybridized carbons (Fsp3) is 0.517. The van der Waals surface area contributed by atoms with Gasteiger partial charge >= 0.3 is 12.3 Å². The minimum Gasteiger partial charge on any atom is -0.444 e. The Labute approximate surface area is 240 Å². The number of hydrogen-bond acceptors (Lipinski definition) is 7. The summed E-state index contributed by atoms with van der Waals surface area (Å²) in [6.07, 6.45) is -2.02. The van der Waals surface area contributed by atoms with Crippen molar-refractivity contribution in [2.24, 2.45) is 0 Å². The molecule has 0 saturated carbocycles. The van der Waals surface area contributed by atoms with Crippen LogP contribution < -0.4 is 0 Å². The number of aromatic amines is 1. The normalized spacial score (nSPS) is 19.4. The van der Waals surface area contributed by atoms with E-state index in [4.69, 9.17) is 14.5 Å². The van der Waals surface area contributed by atoms with Gasteiger partial charge in [0.2, 0.25) is 5.60 Å². The Morgan fingerprint density at radius 1 is 1.17 bits per heavy atom. The molecule has 4 heterocycles. The predicted octanol–water partition coefficient (Wildman–Crippen LogP) is 4.44. The minimum absolute atomic E-state index is 0.0282. The summed E-state index contributed by atoms with van der Waals surface area (Å²) in [6.45, 7) is 8.08. The molecule has 1 saturated heterocycles. The van der Waals surface area contributed by atoms with E-state index < -0.39 is 35.4 Å². The lowest BCUT2D eigenvalue weighted by molar-refractivity contribution is -0.250. The first-order valence-corrected chi connectivity index (χ1v) is 13.7. The number of nitrogens with zero attached hydrogens (tertiary/aromatic N) is 4. The molecule has 1 fully saturated rings. The Hall–Kier alpha value is -3.71. The zero-order valence-electron chi connectivity index (χ0n) is 24.1. The number of aromatic nitrogens is 3. The molecule has 0 unspecified atom stereocenters. The van der Waals surface area contributed by atoms with Gasteiger partial charge in [-0.2, -0.15) is 13.2 Å². The molecule has 3 aromatic rings. The van der Waals surface area contributed by atoms with Gasteiger partial charge in [-0.15, -0.1) is 0 Å². The van der Waals surface area contributed by atoms with E-state index in [0.29, 0.717) is 40.5 Å². The molecular weight excluding hydrogens is 555 g/mol. The molecule has 2 aromatic heterocycles. The molecule has 2 aliphatic heterocycles. The maximum absolute atomic E-state index is 13.5. The van der Waals surface area contributed by atoms with E-state index in [1.807, 2.05) is 25.3 Å². The fourth-order valence-corrected chi connectivity index (χ4v) is 5.30. The second-order valence-electron chi connectivity index (χ2n) is 11.9. The maximum atomic E-state index is 13.5. The molecule has 2 aliphatic rings. The van der Waals surface area contributed by atoms with Crippen LogP contribution in [-0.2, 0) is 27.2 Å². The number of morpholine rings is 1. The number of hydrogen-bond donors (Lipinski definition) is 2. The van der Waals surface area contributed by atoms with Crippen molar-refractivity contribution in [1.82, 2.24) is 24.8 Å². The van der Waals surface area contributed by atoms with Gasteiger partial charge in [0.05, 0.1) is 31.1 Å². The van der Waals surface area contributed by atoms with Gasteiger partial charge in [-0.3, -0.25) is 9.69 Å². The number of aliphatic hydroxyl groups is 1. The van der Waals surface area contributed by atoms with Crippen molar-refractivity contribution in [3.8, 4) is 11.3 Å². The van der Waals surface area contributed by atoms with Crippen LogP contribution in [-0.4, -0.2) is 85.5 Å². The van der Waals surface area contributed by atoms with E-state index in [-0.39, 0.29) is 39.3 Å². The number of fused-ring (bicyclic) bond motifs is 2. The third-order valence-electron chi connectivity index (χ3n) is 7.62. The third kappa shape index (κ3) is 5.54. The lowest BCUT2D eigenvalue weighted by atomic mass is 9.87. The molecule has 1 aromatic carbocycles. The second-order valence-corrected chi connectivity index (χ2v) is 11.9. The van der Waals surface area contributed by atoms with Crippen molar-refractivity contribution in [3.63, 3.8) is 0 Å². The summed E-state index contributed by atoms with van der Waals surface area (Å²) in [7, 11) is 0. The van der Waals surface area contributed by atoms with E-state index in [1.54, 1.807) is 31.9 Å². The number of nitrogens with one attached hydrogen (secondary N) is 1. The first-order chi connectivity index (χ1) is 19.6. The van der Waals surface area contributed by atoms with Crippen LogP contribution in [0.15, 0.2) is 24.5 Å². The fourth-order valence-electron chi connectivity index (χ4n) is 5.30. The molecule has 0 spiro atoms. The zero-order chi connectivity index (χ0) is 30.6. The number of carbonyl (C=O) groups excluding carboxylic acids is 2. The Balaban J connectivity index is 1.61. The van der Waals surface area contributed by atoms with Gasteiger partial charge in [0.15, 0.2) is 5.65 Å². The predicted molar refractivity (Wildman–Crippen MR) is 146 cm³/mol. The summed E-state index contributed by atoms with van der Waals surface area (Å²) in [5.41, 5.74) is 1.22. The number of alkyl halides is 3. The maximum Gasteiger partial charge on any atom is 0.426 e. The van der Waals surface area contributed by atoms with Gasteiger partial charge in [-0.1, -0.05) is 0 Å². The molecule has 13 heteroatoms. The van der Waals surface area contributed by atoms with Crippen LogP contribution in [0.3, 0.4) is 0 Å². The van der Waals surface area contributed by atoms with Crippen molar-refractivity contribution >= 4 is 23.2 Å². The van der Waals surface area contributed by atoms with E-state index in [0.717, 1.165) is 16.0 Å². The highest BCUT2D eigenvalue weighted by molar-refractivity contribution is 5.86. The summed E-state index contributed by atoms with van der Waals surface area (Å²) in [6, 6.07) is 3.07. The quantitative estimate of drug-likeness (QED) is 0.464. The van der Waals surface area contributed by atoms with Gasteiger partial charge in [-0.25, -0.2) is 14.8 Å². The van der Waals surface area contributed by atoms with Crippen molar-refractivity contribution < 1.29 is 37.3 Å². The molecule has 5 rings (SSSR count). The summed E-state index contributed by atoms with van der Waals surface area (Å²) < 4.78 is 52.1. The van der Waals surface area contributed by atoms with Gasteiger partial charge in [0, 0.05) is 31.4 Å². The highest BCUT2D eigenvalue weighted by Crippen LogP contribution is 2.38. The van der Waals surface area contributed by atoms with Crippen molar-refractivity contribution in [2.75, 3.05) is 26.3 Å². The first kappa shape index (κ1) is 29.8. The van der Waals surface area contributed by atoms with Crippen LogP contribution in [0.1, 0.15) is 56.0 Å². The summed E-state index contributed by atoms with van der Waals surface area (Å²) in [5.74, 6) is -1.43. The number of H-pyrrole nitrogens is 1. The van der Waals surface area contributed by atoms with Gasteiger partial charge in [0.25, 0.3) is 5.91 Å². The Kier molecular flexibility index (Phi) is 7.46. The average molecular weight is 590 g/mol. The van der Waals surface area contributed by atoms with Crippen LogP contribution >= 0.6 is 0 Å². The molecule has 2 N–H and O–H groups in total. The minimum atomic E-state index is -5.14. The van der Waals surface area contributed by atoms with Crippen LogP contribution in [0, 0.1) is 6.92 Å². The van der Waals surface area contributed by atoms with Crippen molar-refractivity contribution in [3.05, 3.63) is 46.8 Å². The highest BCUT2D eigenvalue weighted by Gasteiger charge is 2.57. The van der Waals surface area contributed by atoms with Crippen LogP contribution in [0.5, 0.6) is 0 Å².